The van der Waals surface area contributed by atoms with Gasteiger partial charge in [-0.05, 0) is 31.4 Å². The third-order valence-corrected chi connectivity index (χ3v) is 3.04. The molecule has 1 amide bonds. The van der Waals surface area contributed by atoms with Crippen LogP contribution in [0.2, 0.25) is 0 Å². The Bertz CT molecular complexity index is 443. The standard InChI is InChI=1S/C14H20F2N2O2/c1-17-13-11(15)8-10(9-12(13)16)14(20)18(2)6-4-3-5-7-19/h8-9,17,19H,3-7H2,1-2H3. The summed E-state index contributed by atoms with van der Waals surface area (Å²) in [7, 11) is 3.00. The lowest BCUT2D eigenvalue weighted by molar-refractivity contribution is 0.0791. The lowest BCUT2D eigenvalue weighted by atomic mass is 10.1. The molecular weight excluding hydrogens is 266 g/mol. The van der Waals surface area contributed by atoms with E-state index >= 15 is 0 Å². The number of anilines is 1. The third-order valence-electron chi connectivity index (χ3n) is 3.04. The van der Waals surface area contributed by atoms with Crippen molar-refractivity contribution in [2.24, 2.45) is 0 Å². The molecule has 112 valence electrons. The first-order valence-electron chi connectivity index (χ1n) is 6.54. The fourth-order valence-corrected chi connectivity index (χ4v) is 1.89. The van der Waals surface area contributed by atoms with E-state index in [9.17, 15) is 13.6 Å². The second kappa shape index (κ2) is 7.79. The number of hydrogen-bond donors (Lipinski definition) is 2. The van der Waals surface area contributed by atoms with Crippen molar-refractivity contribution < 1.29 is 18.7 Å². The van der Waals surface area contributed by atoms with Gasteiger partial charge in [-0.3, -0.25) is 4.79 Å². The van der Waals surface area contributed by atoms with Crippen molar-refractivity contribution in [1.82, 2.24) is 4.90 Å². The molecule has 0 radical (unpaired) electrons. The van der Waals surface area contributed by atoms with Crippen molar-refractivity contribution in [3.63, 3.8) is 0 Å². The number of carbonyl (C=O) groups excluding carboxylic acids is 1. The summed E-state index contributed by atoms with van der Waals surface area (Å²) in [5, 5.41) is 11.1. The van der Waals surface area contributed by atoms with E-state index in [0.29, 0.717) is 13.0 Å². The number of amides is 1. The molecule has 2 N–H and O–H groups in total. The Labute approximate surface area is 117 Å². The highest BCUT2D eigenvalue weighted by Gasteiger charge is 2.17. The van der Waals surface area contributed by atoms with Crippen LogP contribution in [0.1, 0.15) is 29.6 Å². The molecule has 1 rings (SSSR count). The monoisotopic (exact) mass is 286 g/mol. The maximum Gasteiger partial charge on any atom is 0.253 e. The first-order valence-corrected chi connectivity index (χ1v) is 6.54. The van der Waals surface area contributed by atoms with Crippen LogP contribution in [0.5, 0.6) is 0 Å². The van der Waals surface area contributed by atoms with Crippen LogP contribution in [-0.2, 0) is 0 Å². The molecule has 0 aliphatic heterocycles. The maximum atomic E-state index is 13.6. The van der Waals surface area contributed by atoms with Crippen LogP contribution >= 0.6 is 0 Å². The van der Waals surface area contributed by atoms with Gasteiger partial charge in [-0.25, -0.2) is 8.78 Å². The van der Waals surface area contributed by atoms with E-state index in [2.05, 4.69) is 5.32 Å². The Balaban J connectivity index is 2.72. The Morgan fingerprint density at radius 2 is 1.85 bits per heavy atom. The van der Waals surface area contributed by atoms with Crippen LogP contribution in [0.4, 0.5) is 14.5 Å². The third kappa shape index (κ3) is 4.16. The van der Waals surface area contributed by atoms with Gasteiger partial charge in [-0.2, -0.15) is 0 Å². The normalized spacial score (nSPS) is 10.4. The van der Waals surface area contributed by atoms with Gasteiger partial charge in [0, 0.05) is 32.8 Å². The topological polar surface area (TPSA) is 52.6 Å². The SMILES string of the molecule is CNc1c(F)cc(C(=O)N(C)CCCCCO)cc1F. The minimum absolute atomic E-state index is 0.0105. The molecule has 0 unspecified atom stereocenters. The summed E-state index contributed by atoms with van der Waals surface area (Å²) in [6.07, 6.45) is 2.22. The zero-order valence-corrected chi connectivity index (χ0v) is 11.7. The highest BCUT2D eigenvalue weighted by molar-refractivity contribution is 5.94. The van der Waals surface area contributed by atoms with Gasteiger partial charge in [0.05, 0.1) is 0 Å². The molecule has 6 heteroatoms. The number of nitrogens with one attached hydrogen (secondary N) is 1. The predicted molar refractivity (Wildman–Crippen MR) is 73.8 cm³/mol. The molecule has 0 aromatic heterocycles. The van der Waals surface area contributed by atoms with E-state index in [1.807, 2.05) is 0 Å². The van der Waals surface area contributed by atoms with Crippen LogP contribution in [0.3, 0.4) is 0 Å². The smallest absolute Gasteiger partial charge is 0.253 e. The lowest BCUT2D eigenvalue weighted by Gasteiger charge is -2.17. The summed E-state index contributed by atoms with van der Waals surface area (Å²) >= 11 is 0. The summed E-state index contributed by atoms with van der Waals surface area (Å²) in [6, 6.07) is 2.06. The van der Waals surface area contributed by atoms with E-state index in [4.69, 9.17) is 5.11 Å². The van der Waals surface area contributed by atoms with Crippen LogP contribution < -0.4 is 5.32 Å². The van der Waals surface area contributed by atoms with Gasteiger partial charge in [-0.15, -0.1) is 0 Å². The minimum atomic E-state index is -0.787. The molecule has 0 heterocycles. The number of carbonyl (C=O) groups is 1. The summed E-state index contributed by atoms with van der Waals surface area (Å²) < 4.78 is 27.2. The summed E-state index contributed by atoms with van der Waals surface area (Å²) in [5.74, 6) is -2.00. The molecule has 0 aliphatic carbocycles. The van der Waals surface area contributed by atoms with Gasteiger partial charge in [0.25, 0.3) is 5.91 Å². The molecular formula is C14H20F2N2O2. The number of aliphatic hydroxyl groups excluding tert-OH is 1. The molecule has 4 nitrogen and oxygen atoms in total. The van der Waals surface area contributed by atoms with Gasteiger partial charge in [-0.1, -0.05) is 0 Å². The fraction of sp³-hybridized carbons (Fsp3) is 0.500. The molecule has 1 aromatic rings. The minimum Gasteiger partial charge on any atom is -0.396 e. The second-order valence-electron chi connectivity index (χ2n) is 4.58. The number of nitrogens with zero attached hydrogens (tertiary/aromatic N) is 1. The van der Waals surface area contributed by atoms with Crippen molar-refractivity contribution in [2.75, 3.05) is 32.6 Å². The Morgan fingerprint density at radius 3 is 2.35 bits per heavy atom. The largest absolute Gasteiger partial charge is 0.396 e. The Morgan fingerprint density at radius 1 is 1.25 bits per heavy atom. The molecule has 0 fully saturated rings. The first kappa shape index (κ1) is 16.4. The van der Waals surface area contributed by atoms with Crippen molar-refractivity contribution in [3.05, 3.63) is 29.3 Å². The van der Waals surface area contributed by atoms with Crippen LogP contribution in [0.15, 0.2) is 12.1 Å². The van der Waals surface area contributed by atoms with Crippen LogP contribution in [0, 0.1) is 11.6 Å². The average Bonchev–Trinajstić information content (AvgIpc) is 2.42. The lowest BCUT2D eigenvalue weighted by Crippen LogP contribution is -2.28. The average molecular weight is 286 g/mol. The van der Waals surface area contributed by atoms with Gasteiger partial charge < -0.3 is 15.3 Å². The zero-order valence-electron chi connectivity index (χ0n) is 11.7. The van der Waals surface area contributed by atoms with E-state index in [1.54, 1.807) is 7.05 Å². The number of unbranched alkanes of at least 4 members (excludes halogenated alkanes) is 2. The van der Waals surface area contributed by atoms with Crippen LogP contribution in [-0.4, -0.2) is 43.2 Å². The molecule has 0 saturated heterocycles. The summed E-state index contributed by atoms with van der Waals surface area (Å²) in [4.78, 5) is 13.5. The fourth-order valence-electron chi connectivity index (χ4n) is 1.89. The van der Waals surface area contributed by atoms with Crippen molar-refractivity contribution in [2.45, 2.75) is 19.3 Å². The van der Waals surface area contributed by atoms with Crippen LogP contribution in [0.25, 0.3) is 0 Å². The van der Waals surface area contributed by atoms with E-state index in [1.165, 1.54) is 11.9 Å². The highest BCUT2D eigenvalue weighted by Crippen LogP contribution is 2.21. The highest BCUT2D eigenvalue weighted by atomic mass is 19.1. The molecule has 0 spiro atoms. The second-order valence-corrected chi connectivity index (χ2v) is 4.58. The van der Waals surface area contributed by atoms with Gasteiger partial charge in [0.2, 0.25) is 0 Å². The van der Waals surface area contributed by atoms with Gasteiger partial charge >= 0.3 is 0 Å². The molecule has 0 bridgehead atoms. The Kier molecular flexibility index (Phi) is 6.38. The number of hydrogen-bond acceptors (Lipinski definition) is 3. The summed E-state index contributed by atoms with van der Waals surface area (Å²) in [5.41, 5.74) is -0.254. The number of halogens is 2. The van der Waals surface area contributed by atoms with Crippen molar-refractivity contribution in [1.29, 1.82) is 0 Å². The Hall–Kier alpha value is -1.69. The van der Waals surface area contributed by atoms with Crippen molar-refractivity contribution >= 4 is 11.6 Å². The molecule has 0 atom stereocenters. The maximum absolute atomic E-state index is 13.6. The number of aliphatic hydroxyl groups is 1. The van der Waals surface area contributed by atoms with E-state index in [-0.39, 0.29) is 17.9 Å². The first-order chi connectivity index (χ1) is 9.51. The quantitative estimate of drug-likeness (QED) is 0.756. The molecule has 1 aromatic carbocycles. The van der Waals surface area contributed by atoms with E-state index in [0.717, 1.165) is 25.0 Å². The zero-order chi connectivity index (χ0) is 15.1. The molecule has 20 heavy (non-hydrogen) atoms. The van der Waals surface area contributed by atoms with E-state index < -0.39 is 17.5 Å². The van der Waals surface area contributed by atoms with Crippen molar-refractivity contribution in [3.8, 4) is 0 Å². The molecule has 0 saturated carbocycles. The predicted octanol–water partition coefficient (Wildman–Crippen LogP) is 2.24. The number of rotatable bonds is 7. The number of benzene rings is 1. The summed E-state index contributed by atoms with van der Waals surface area (Å²) in [6.45, 7) is 0.607. The van der Waals surface area contributed by atoms with Gasteiger partial charge in [0.15, 0.2) is 0 Å². The van der Waals surface area contributed by atoms with Gasteiger partial charge in [0.1, 0.15) is 17.3 Å². The molecule has 0 aliphatic rings.